The van der Waals surface area contributed by atoms with Gasteiger partial charge in [0.05, 0.1) is 22.6 Å². The van der Waals surface area contributed by atoms with Gasteiger partial charge < -0.3 is 9.15 Å². The second-order valence-corrected chi connectivity index (χ2v) is 10.6. The molecule has 0 N–H and O–H groups in total. The summed E-state index contributed by atoms with van der Waals surface area (Å²) in [7, 11) is 1.57. The van der Waals surface area contributed by atoms with E-state index in [2.05, 4.69) is 4.99 Å². The number of ether oxygens (including phenoxy) is 1. The summed E-state index contributed by atoms with van der Waals surface area (Å²) < 4.78 is 13.6. The Morgan fingerprint density at radius 1 is 1.12 bits per heavy atom. The molecule has 1 aliphatic rings. The Morgan fingerprint density at radius 3 is 2.68 bits per heavy atom. The van der Waals surface area contributed by atoms with Crippen LogP contribution in [-0.4, -0.2) is 22.4 Å². The fraction of sp³-hybridized carbons (Fsp3) is 0.129. The van der Waals surface area contributed by atoms with Gasteiger partial charge in [-0.05, 0) is 42.8 Å². The number of carbonyl (C=O) groups is 1. The van der Waals surface area contributed by atoms with Gasteiger partial charge in [0.1, 0.15) is 17.3 Å². The zero-order valence-electron chi connectivity index (χ0n) is 22.3. The highest BCUT2D eigenvalue weighted by Crippen LogP contribution is 2.40. The van der Waals surface area contributed by atoms with Gasteiger partial charge in [-0.3, -0.25) is 24.3 Å². The third kappa shape index (κ3) is 4.48. The number of non-ortho nitro benzene ring substituents is 1. The molecule has 2 aromatic heterocycles. The van der Waals surface area contributed by atoms with Crippen molar-refractivity contribution in [1.29, 1.82) is 0 Å². The standard InChI is InChI=1S/C31H23N3O6S/c1-17-27(18(2)35)29(28-23-10-5-4-7-19(23)11-13-25(28)39-3)33-30(36)26(41-31(33)32-17)16-22-12-14-24(40-22)20-8-6-9-21(15-20)34(37)38/h4-16,29H,1-3H3/b26-16+/t29-/m0/s1. The molecule has 0 fully saturated rings. The molecule has 10 heteroatoms. The fourth-order valence-electron chi connectivity index (χ4n) is 5.27. The van der Waals surface area contributed by atoms with Gasteiger partial charge in [0.15, 0.2) is 10.6 Å². The van der Waals surface area contributed by atoms with Crippen LogP contribution in [0.5, 0.6) is 5.75 Å². The summed E-state index contributed by atoms with van der Waals surface area (Å²) in [6.07, 6.45) is 1.62. The Bertz CT molecular complexity index is 2100. The molecule has 9 nitrogen and oxygen atoms in total. The van der Waals surface area contributed by atoms with Crippen LogP contribution in [0.4, 0.5) is 5.69 Å². The average Bonchev–Trinajstić information content (AvgIpc) is 3.55. The lowest BCUT2D eigenvalue weighted by atomic mass is 9.89. The Labute approximate surface area is 237 Å². The van der Waals surface area contributed by atoms with Gasteiger partial charge in [-0.1, -0.05) is 53.8 Å². The van der Waals surface area contributed by atoms with Crippen molar-refractivity contribution in [2.45, 2.75) is 19.9 Å². The van der Waals surface area contributed by atoms with E-state index in [4.69, 9.17) is 9.15 Å². The topological polar surface area (TPSA) is 117 Å². The number of hydrogen-bond donors (Lipinski definition) is 0. The molecular formula is C31H23N3O6S. The van der Waals surface area contributed by atoms with Gasteiger partial charge in [-0.2, -0.15) is 0 Å². The van der Waals surface area contributed by atoms with E-state index in [1.54, 1.807) is 48.9 Å². The molecule has 204 valence electrons. The third-order valence-electron chi connectivity index (χ3n) is 7.07. The van der Waals surface area contributed by atoms with Crippen molar-refractivity contribution in [3.8, 4) is 17.1 Å². The number of thiazole rings is 1. The highest BCUT2D eigenvalue weighted by Gasteiger charge is 2.33. The molecule has 1 atom stereocenters. The van der Waals surface area contributed by atoms with Gasteiger partial charge in [0.2, 0.25) is 0 Å². The summed E-state index contributed by atoms with van der Waals surface area (Å²) in [6.45, 7) is 3.25. The SMILES string of the molecule is COc1ccc2ccccc2c1[C@@H]1C(C(C)=O)=C(C)N=c2s/c(=C/c3ccc(-c4cccc([N+](=O)[O-])c4)o3)c(=O)n21. The number of furan rings is 1. The van der Waals surface area contributed by atoms with Crippen molar-refractivity contribution in [2.24, 2.45) is 4.99 Å². The first-order valence-corrected chi connectivity index (χ1v) is 13.5. The summed E-state index contributed by atoms with van der Waals surface area (Å²) >= 11 is 1.20. The summed E-state index contributed by atoms with van der Waals surface area (Å²) in [5, 5.41) is 13.0. The number of nitro groups is 1. The van der Waals surface area contributed by atoms with Gasteiger partial charge in [-0.25, -0.2) is 4.99 Å². The van der Waals surface area contributed by atoms with E-state index in [0.717, 1.165) is 10.8 Å². The predicted molar refractivity (Wildman–Crippen MR) is 156 cm³/mol. The Hall–Kier alpha value is -5.09. The minimum Gasteiger partial charge on any atom is -0.496 e. The van der Waals surface area contributed by atoms with Crippen LogP contribution in [0.25, 0.3) is 28.2 Å². The first-order valence-electron chi connectivity index (χ1n) is 12.7. The quantitative estimate of drug-likeness (QED) is 0.208. The lowest BCUT2D eigenvalue weighted by Crippen LogP contribution is -2.39. The number of benzene rings is 3. The van der Waals surface area contributed by atoms with Crippen LogP contribution in [0.2, 0.25) is 0 Å². The molecule has 0 saturated heterocycles. The van der Waals surface area contributed by atoms with Gasteiger partial charge in [0.25, 0.3) is 11.2 Å². The maximum Gasteiger partial charge on any atom is 0.271 e. The van der Waals surface area contributed by atoms with Gasteiger partial charge >= 0.3 is 0 Å². The van der Waals surface area contributed by atoms with Crippen molar-refractivity contribution >= 4 is 39.7 Å². The second-order valence-electron chi connectivity index (χ2n) is 9.55. The fourth-order valence-corrected chi connectivity index (χ4v) is 6.29. The number of ketones is 1. The number of hydrogen-bond acceptors (Lipinski definition) is 8. The molecule has 0 radical (unpaired) electrons. The molecule has 0 saturated carbocycles. The summed E-state index contributed by atoms with van der Waals surface area (Å²) in [6, 6.07) is 20.4. The van der Waals surface area contributed by atoms with Crippen molar-refractivity contribution in [1.82, 2.24) is 4.57 Å². The number of allylic oxidation sites excluding steroid dienone is 2. The van der Waals surface area contributed by atoms with Crippen LogP contribution < -0.4 is 19.6 Å². The zero-order valence-corrected chi connectivity index (χ0v) is 23.1. The summed E-state index contributed by atoms with van der Waals surface area (Å²) in [4.78, 5) is 42.8. The van der Waals surface area contributed by atoms with Crippen molar-refractivity contribution in [3.05, 3.63) is 125 Å². The minimum atomic E-state index is -0.746. The molecule has 0 aliphatic carbocycles. The van der Waals surface area contributed by atoms with E-state index in [0.29, 0.717) is 49.0 Å². The van der Waals surface area contributed by atoms with E-state index >= 15 is 0 Å². The summed E-state index contributed by atoms with van der Waals surface area (Å²) in [5.41, 5.74) is 1.84. The molecule has 41 heavy (non-hydrogen) atoms. The lowest BCUT2D eigenvalue weighted by Gasteiger charge is -2.27. The number of Topliss-reactive ketones (excluding diaryl/α,β-unsaturated/α-hetero) is 1. The van der Waals surface area contributed by atoms with Crippen LogP contribution >= 0.6 is 11.3 Å². The number of nitrogens with zero attached hydrogens (tertiary/aromatic N) is 3. The van der Waals surface area contributed by atoms with Crippen LogP contribution in [0.15, 0.2) is 98.3 Å². The van der Waals surface area contributed by atoms with E-state index in [1.807, 2.05) is 36.4 Å². The second kappa shape index (κ2) is 10.1. The van der Waals surface area contributed by atoms with Crippen molar-refractivity contribution in [2.75, 3.05) is 7.11 Å². The average molecular weight is 566 g/mol. The molecule has 0 amide bonds. The summed E-state index contributed by atoms with van der Waals surface area (Å²) in [5.74, 6) is 1.21. The van der Waals surface area contributed by atoms with E-state index in [1.165, 1.54) is 30.4 Å². The number of rotatable bonds is 6. The highest BCUT2D eigenvalue weighted by molar-refractivity contribution is 7.07. The van der Waals surface area contributed by atoms with Crippen LogP contribution in [-0.2, 0) is 4.79 Å². The maximum atomic E-state index is 14.0. The molecule has 0 spiro atoms. The van der Waals surface area contributed by atoms with Gasteiger partial charge in [0, 0.05) is 40.6 Å². The molecule has 0 bridgehead atoms. The van der Waals surface area contributed by atoms with E-state index < -0.39 is 11.0 Å². The van der Waals surface area contributed by atoms with Crippen LogP contribution in [0, 0.1) is 10.1 Å². The Morgan fingerprint density at radius 2 is 1.93 bits per heavy atom. The highest BCUT2D eigenvalue weighted by atomic mass is 32.1. The molecule has 5 aromatic rings. The molecule has 3 heterocycles. The Kier molecular flexibility index (Phi) is 6.47. The molecule has 1 aliphatic heterocycles. The maximum absolute atomic E-state index is 14.0. The number of methoxy groups -OCH3 is 1. The normalized spacial score (nSPS) is 15.1. The lowest BCUT2D eigenvalue weighted by molar-refractivity contribution is -0.384. The monoisotopic (exact) mass is 565 g/mol. The van der Waals surface area contributed by atoms with Gasteiger partial charge in [-0.15, -0.1) is 0 Å². The molecular weight excluding hydrogens is 542 g/mol. The number of carbonyl (C=O) groups excluding carboxylic acids is 1. The zero-order chi connectivity index (χ0) is 28.8. The third-order valence-corrected chi connectivity index (χ3v) is 8.05. The number of aromatic nitrogens is 1. The van der Waals surface area contributed by atoms with E-state index in [9.17, 15) is 19.7 Å². The van der Waals surface area contributed by atoms with Crippen LogP contribution in [0.1, 0.15) is 31.2 Å². The van der Waals surface area contributed by atoms with Crippen LogP contribution in [0.3, 0.4) is 0 Å². The van der Waals surface area contributed by atoms with E-state index in [-0.39, 0.29) is 17.0 Å². The van der Waals surface area contributed by atoms with Crippen molar-refractivity contribution in [3.63, 3.8) is 0 Å². The first-order chi connectivity index (χ1) is 19.8. The minimum absolute atomic E-state index is 0.0470. The largest absolute Gasteiger partial charge is 0.496 e. The predicted octanol–water partition coefficient (Wildman–Crippen LogP) is 5.15. The van der Waals surface area contributed by atoms with Crippen molar-refractivity contribution < 1.29 is 18.9 Å². The first kappa shape index (κ1) is 26.1. The number of fused-ring (bicyclic) bond motifs is 2. The molecule has 3 aromatic carbocycles. The molecule has 6 rings (SSSR count). The number of nitro benzene ring substituents is 1. The molecule has 0 unspecified atom stereocenters. The Balaban J connectivity index is 1.54. The smallest absolute Gasteiger partial charge is 0.271 e.